The zero-order chi connectivity index (χ0) is 12.1. The second-order valence-corrected chi connectivity index (χ2v) is 4.39. The monoisotopic (exact) mass is 239 g/mol. The lowest BCUT2D eigenvalue weighted by molar-refractivity contribution is -0.142. The number of nitrogen functional groups attached to an aromatic ring is 1. The predicted octanol–water partition coefficient (Wildman–Crippen LogP) is 2.54. The molecule has 0 amide bonds. The number of hydrogen-bond acceptors (Lipinski definition) is 4. The van der Waals surface area contributed by atoms with E-state index in [1.807, 2.05) is 31.4 Å². The molecule has 0 aliphatic rings. The molecule has 0 aromatic heterocycles. The summed E-state index contributed by atoms with van der Waals surface area (Å²) in [7, 11) is 0. The van der Waals surface area contributed by atoms with E-state index < -0.39 is 0 Å². The lowest BCUT2D eigenvalue weighted by Crippen LogP contribution is -2.14. The molecule has 1 unspecified atom stereocenters. The molecule has 0 spiro atoms. The highest BCUT2D eigenvalue weighted by Gasteiger charge is 2.23. The standard InChI is InChI=1S/C12H17NO2S/c1-4-15-12(14)11(16-3)9-7-5-6-8(2)10(9)13/h5-7,11H,4,13H2,1-3H3. The van der Waals surface area contributed by atoms with Gasteiger partial charge in [-0.25, -0.2) is 0 Å². The van der Waals surface area contributed by atoms with Gasteiger partial charge in [-0.15, -0.1) is 11.8 Å². The maximum atomic E-state index is 11.7. The normalized spacial score (nSPS) is 12.2. The van der Waals surface area contributed by atoms with Gasteiger partial charge in [-0.05, 0) is 31.2 Å². The van der Waals surface area contributed by atoms with Crippen molar-refractivity contribution in [3.05, 3.63) is 29.3 Å². The van der Waals surface area contributed by atoms with Crippen LogP contribution in [0, 0.1) is 6.92 Å². The van der Waals surface area contributed by atoms with Gasteiger partial charge in [-0.2, -0.15) is 0 Å². The topological polar surface area (TPSA) is 52.3 Å². The second-order valence-electron chi connectivity index (χ2n) is 3.45. The lowest BCUT2D eigenvalue weighted by Gasteiger charge is -2.16. The first-order valence-electron chi connectivity index (χ1n) is 5.16. The number of ether oxygens (including phenoxy) is 1. The number of carbonyl (C=O) groups is 1. The third-order valence-electron chi connectivity index (χ3n) is 2.38. The van der Waals surface area contributed by atoms with Crippen molar-refractivity contribution in [1.82, 2.24) is 0 Å². The average molecular weight is 239 g/mol. The van der Waals surface area contributed by atoms with Gasteiger partial charge in [0, 0.05) is 5.69 Å². The Morgan fingerprint density at radius 2 is 2.25 bits per heavy atom. The Labute approximate surface area is 100 Å². The number of para-hydroxylation sites is 1. The van der Waals surface area contributed by atoms with Crippen molar-refractivity contribution in [2.24, 2.45) is 0 Å². The molecule has 0 saturated heterocycles. The molecule has 0 radical (unpaired) electrons. The second kappa shape index (κ2) is 5.80. The summed E-state index contributed by atoms with van der Waals surface area (Å²) in [6, 6.07) is 5.71. The van der Waals surface area contributed by atoms with Gasteiger partial charge in [-0.1, -0.05) is 18.2 Å². The third-order valence-corrected chi connectivity index (χ3v) is 3.29. The van der Waals surface area contributed by atoms with E-state index in [4.69, 9.17) is 10.5 Å². The predicted molar refractivity (Wildman–Crippen MR) is 68.5 cm³/mol. The molecule has 1 atom stereocenters. The number of esters is 1. The van der Waals surface area contributed by atoms with Crippen LogP contribution in [0.4, 0.5) is 5.69 Å². The third kappa shape index (κ3) is 2.70. The fourth-order valence-corrected chi connectivity index (χ4v) is 2.22. The number of rotatable bonds is 4. The molecule has 0 bridgehead atoms. The molecule has 0 saturated carbocycles. The number of nitrogens with two attached hydrogens (primary N) is 1. The molecule has 1 rings (SSSR count). The largest absolute Gasteiger partial charge is 0.465 e. The van der Waals surface area contributed by atoms with Crippen LogP contribution >= 0.6 is 11.8 Å². The summed E-state index contributed by atoms with van der Waals surface area (Å²) in [4.78, 5) is 11.7. The molecule has 4 heteroatoms. The van der Waals surface area contributed by atoms with E-state index >= 15 is 0 Å². The Bertz CT molecular complexity index is 379. The zero-order valence-electron chi connectivity index (χ0n) is 9.82. The van der Waals surface area contributed by atoms with Crippen molar-refractivity contribution in [1.29, 1.82) is 0 Å². The first kappa shape index (κ1) is 12.9. The lowest BCUT2D eigenvalue weighted by atomic mass is 10.1. The fraction of sp³-hybridized carbons (Fsp3) is 0.417. The SMILES string of the molecule is CCOC(=O)C(SC)c1cccc(C)c1N. The summed E-state index contributed by atoms with van der Waals surface area (Å²) < 4.78 is 5.03. The molecule has 3 nitrogen and oxygen atoms in total. The van der Waals surface area contributed by atoms with E-state index in [2.05, 4.69) is 0 Å². The highest BCUT2D eigenvalue weighted by atomic mass is 32.2. The average Bonchev–Trinajstić information content (AvgIpc) is 2.25. The number of aryl methyl sites for hydroxylation is 1. The van der Waals surface area contributed by atoms with Gasteiger partial charge in [0.25, 0.3) is 0 Å². The Morgan fingerprint density at radius 3 is 2.81 bits per heavy atom. The highest BCUT2D eigenvalue weighted by molar-refractivity contribution is 7.99. The first-order chi connectivity index (χ1) is 7.61. The van der Waals surface area contributed by atoms with Crippen molar-refractivity contribution in [2.75, 3.05) is 18.6 Å². The van der Waals surface area contributed by atoms with Crippen molar-refractivity contribution in [2.45, 2.75) is 19.1 Å². The summed E-state index contributed by atoms with van der Waals surface area (Å²) in [6.07, 6.45) is 1.88. The first-order valence-corrected chi connectivity index (χ1v) is 6.45. The molecule has 0 fully saturated rings. The van der Waals surface area contributed by atoms with Crippen LogP contribution in [0.15, 0.2) is 18.2 Å². The Balaban J connectivity index is 3.04. The van der Waals surface area contributed by atoms with Crippen molar-refractivity contribution in [3.63, 3.8) is 0 Å². The Morgan fingerprint density at radius 1 is 1.56 bits per heavy atom. The highest BCUT2D eigenvalue weighted by Crippen LogP contribution is 2.33. The van der Waals surface area contributed by atoms with E-state index in [1.54, 1.807) is 6.92 Å². The number of benzene rings is 1. The van der Waals surface area contributed by atoms with Gasteiger partial charge in [0.2, 0.25) is 0 Å². The van der Waals surface area contributed by atoms with Gasteiger partial charge >= 0.3 is 5.97 Å². The van der Waals surface area contributed by atoms with E-state index in [0.717, 1.165) is 11.1 Å². The molecule has 0 aliphatic heterocycles. The van der Waals surface area contributed by atoms with Gasteiger partial charge in [-0.3, -0.25) is 4.79 Å². The summed E-state index contributed by atoms with van der Waals surface area (Å²) in [5.74, 6) is -0.229. The van der Waals surface area contributed by atoms with E-state index in [0.29, 0.717) is 12.3 Å². The summed E-state index contributed by atoms with van der Waals surface area (Å²) in [5, 5.41) is -0.333. The van der Waals surface area contributed by atoms with Gasteiger partial charge in [0.15, 0.2) is 0 Å². The Hall–Kier alpha value is -1.16. The van der Waals surface area contributed by atoms with Gasteiger partial charge < -0.3 is 10.5 Å². The minimum absolute atomic E-state index is 0.229. The van der Waals surface area contributed by atoms with Crippen LogP contribution in [0.3, 0.4) is 0 Å². The van der Waals surface area contributed by atoms with Gasteiger partial charge in [0.05, 0.1) is 6.61 Å². The maximum Gasteiger partial charge on any atom is 0.323 e. The molecular weight excluding hydrogens is 222 g/mol. The van der Waals surface area contributed by atoms with Crippen LogP contribution in [0.2, 0.25) is 0 Å². The molecule has 0 aliphatic carbocycles. The Kier molecular flexibility index (Phi) is 4.68. The zero-order valence-corrected chi connectivity index (χ0v) is 10.6. The van der Waals surface area contributed by atoms with E-state index in [9.17, 15) is 4.79 Å². The minimum atomic E-state index is -0.333. The van der Waals surface area contributed by atoms with Crippen molar-refractivity contribution >= 4 is 23.4 Å². The summed E-state index contributed by atoms with van der Waals surface area (Å²) in [5.41, 5.74) is 8.47. The van der Waals surface area contributed by atoms with Crippen LogP contribution in [0.25, 0.3) is 0 Å². The molecule has 16 heavy (non-hydrogen) atoms. The van der Waals surface area contributed by atoms with Crippen LogP contribution in [0.1, 0.15) is 23.3 Å². The number of thioether (sulfide) groups is 1. The van der Waals surface area contributed by atoms with Crippen LogP contribution in [-0.4, -0.2) is 18.8 Å². The van der Waals surface area contributed by atoms with E-state index in [1.165, 1.54) is 11.8 Å². The van der Waals surface area contributed by atoms with E-state index in [-0.39, 0.29) is 11.2 Å². The van der Waals surface area contributed by atoms with Crippen LogP contribution in [0.5, 0.6) is 0 Å². The number of anilines is 1. The fourth-order valence-electron chi connectivity index (χ4n) is 1.50. The molecule has 88 valence electrons. The molecule has 1 aromatic carbocycles. The van der Waals surface area contributed by atoms with Crippen molar-refractivity contribution < 1.29 is 9.53 Å². The smallest absolute Gasteiger partial charge is 0.323 e. The minimum Gasteiger partial charge on any atom is -0.465 e. The molecule has 2 N–H and O–H groups in total. The summed E-state index contributed by atoms with van der Waals surface area (Å²) in [6.45, 7) is 4.12. The van der Waals surface area contributed by atoms with Crippen molar-refractivity contribution in [3.8, 4) is 0 Å². The number of hydrogen-bond donors (Lipinski definition) is 1. The molecule has 0 heterocycles. The maximum absolute atomic E-state index is 11.7. The molecular formula is C12H17NO2S. The quantitative estimate of drug-likeness (QED) is 0.648. The van der Waals surface area contributed by atoms with Crippen LogP contribution in [-0.2, 0) is 9.53 Å². The van der Waals surface area contributed by atoms with Crippen LogP contribution < -0.4 is 5.73 Å². The van der Waals surface area contributed by atoms with Gasteiger partial charge in [0.1, 0.15) is 5.25 Å². The number of carbonyl (C=O) groups excluding carboxylic acids is 1. The summed E-state index contributed by atoms with van der Waals surface area (Å²) >= 11 is 1.44. The molecule has 1 aromatic rings.